The highest BCUT2D eigenvalue weighted by Crippen LogP contribution is 2.21. The molecule has 0 radical (unpaired) electrons. The van der Waals surface area contributed by atoms with Crippen LogP contribution in [0.2, 0.25) is 0 Å². The average molecular weight is 342 g/mol. The van der Waals surface area contributed by atoms with Crippen molar-refractivity contribution < 1.29 is 12.8 Å². The first kappa shape index (κ1) is 16.1. The van der Waals surface area contributed by atoms with E-state index in [9.17, 15) is 12.8 Å². The summed E-state index contributed by atoms with van der Waals surface area (Å²) in [4.78, 5) is 4.14. The molecule has 1 N–H and O–H groups in total. The molecule has 1 heterocycles. The highest BCUT2D eigenvalue weighted by Gasteiger charge is 2.16. The van der Waals surface area contributed by atoms with Crippen LogP contribution in [-0.2, 0) is 10.0 Å². The van der Waals surface area contributed by atoms with Crippen LogP contribution in [0, 0.1) is 12.7 Å². The van der Waals surface area contributed by atoms with Gasteiger partial charge in [0, 0.05) is 11.8 Å². The van der Waals surface area contributed by atoms with Gasteiger partial charge in [-0.05, 0) is 48.4 Å². The molecule has 0 spiro atoms. The molecule has 2 aromatic carbocycles. The molecule has 0 saturated heterocycles. The molecule has 3 rings (SSSR count). The summed E-state index contributed by atoms with van der Waals surface area (Å²) in [6.45, 7) is 1.52. The molecule has 122 valence electrons. The predicted octanol–water partition coefficient (Wildman–Crippen LogP) is 4.00. The third-order valence-electron chi connectivity index (χ3n) is 3.55. The number of halogens is 1. The molecule has 4 nitrogen and oxygen atoms in total. The standard InChI is InChI=1S/C18H15FN2O2S/c1-13-11-16(8-9-17(13)19)24(22,23)21-18-10-7-15(12-20-18)14-5-3-2-4-6-14/h2-12H,1H3,(H,20,21). The molecule has 24 heavy (non-hydrogen) atoms. The van der Waals surface area contributed by atoms with Crippen LogP contribution in [0.25, 0.3) is 11.1 Å². The number of hydrogen-bond donors (Lipinski definition) is 1. The van der Waals surface area contributed by atoms with Gasteiger partial charge >= 0.3 is 0 Å². The van der Waals surface area contributed by atoms with Gasteiger partial charge in [-0.25, -0.2) is 17.8 Å². The van der Waals surface area contributed by atoms with Crippen molar-refractivity contribution in [1.82, 2.24) is 4.98 Å². The quantitative estimate of drug-likeness (QED) is 0.780. The molecule has 0 fully saturated rings. The van der Waals surface area contributed by atoms with Gasteiger partial charge < -0.3 is 0 Å². The number of sulfonamides is 1. The largest absolute Gasteiger partial charge is 0.263 e. The Balaban J connectivity index is 1.84. The first-order valence-corrected chi connectivity index (χ1v) is 8.74. The topological polar surface area (TPSA) is 59.1 Å². The van der Waals surface area contributed by atoms with Crippen molar-refractivity contribution in [2.45, 2.75) is 11.8 Å². The molecule has 0 aliphatic carbocycles. The molecule has 1 aromatic heterocycles. The maximum absolute atomic E-state index is 13.3. The minimum atomic E-state index is -3.81. The Labute approximate surface area is 140 Å². The fourth-order valence-electron chi connectivity index (χ4n) is 2.24. The molecule has 0 aliphatic rings. The van der Waals surface area contributed by atoms with Crippen molar-refractivity contribution in [2.24, 2.45) is 0 Å². The van der Waals surface area contributed by atoms with Gasteiger partial charge in [-0.1, -0.05) is 30.3 Å². The zero-order valence-corrected chi connectivity index (χ0v) is 13.7. The number of nitrogens with zero attached hydrogens (tertiary/aromatic N) is 1. The Morgan fingerprint density at radius 2 is 1.71 bits per heavy atom. The van der Waals surface area contributed by atoms with E-state index in [1.165, 1.54) is 19.1 Å². The summed E-state index contributed by atoms with van der Waals surface area (Å²) in [5.41, 5.74) is 2.15. The van der Waals surface area contributed by atoms with Gasteiger partial charge in [-0.2, -0.15) is 0 Å². The van der Waals surface area contributed by atoms with Crippen molar-refractivity contribution in [3.8, 4) is 11.1 Å². The highest BCUT2D eigenvalue weighted by atomic mass is 32.2. The number of pyridine rings is 1. The van der Waals surface area contributed by atoms with Crippen LogP contribution in [-0.4, -0.2) is 13.4 Å². The lowest BCUT2D eigenvalue weighted by Crippen LogP contribution is -2.14. The summed E-state index contributed by atoms with van der Waals surface area (Å²) in [6.07, 6.45) is 1.60. The highest BCUT2D eigenvalue weighted by molar-refractivity contribution is 7.92. The van der Waals surface area contributed by atoms with E-state index in [4.69, 9.17) is 0 Å². The number of benzene rings is 2. The summed E-state index contributed by atoms with van der Waals surface area (Å²) in [7, 11) is -3.81. The number of aryl methyl sites for hydroxylation is 1. The molecule has 0 atom stereocenters. The predicted molar refractivity (Wildman–Crippen MR) is 91.6 cm³/mol. The van der Waals surface area contributed by atoms with Gasteiger partial charge in [0.2, 0.25) is 0 Å². The molecule has 0 bridgehead atoms. The number of aromatic nitrogens is 1. The maximum atomic E-state index is 13.3. The van der Waals surface area contributed by atoms with E-state index in [0.717, 1.165) is 17.2 Å². The Morgan fingerprint density at radius 1 is 0.958 bits per heavy atom. The van der Waals surface area contributed by atoms with Gasteiger partial charge in [-0.3, -0.25) is 4.72 Å². The van der Waals surface area contributed by atoms with E-state index in [-0.39, 0.29) is 16.3 Å². The second-order valence-electron chi connectivity index (χ2n) is 5.31. The van der Waals surface area contributed by atoms with Crippen LogP contribution < -0.4 is 4.72 Å². The Kier molecular flexibility index (Phi) is 4.31. The van der Waals surface area contributed by atoms with E-state index in [2.05, 4.69) is 9.71 Å². The van der Waals surface area contributed by atoms with Crippen LogP contribution >= 0.6 is 0 Å². The van der Waals surface area contributed by atoms with Gasteiger partial charge in [0.1, 0.15) is 11.6 Å². The Morgan fingerprint density at radius 3 is 2.33 bits per heavy atom. The van der Waals surface area contributed by atoms with Crippen LogP contribution in [0.1, 0.15) is 5.56 Å². The van der Waals surface area contributed by atoms with Crippen LogP contribution in [0.5, 0.6) is 0 Å². The number of nitrogens with one attached hydrogen (secondary N) is 1. The van der Waals surface area contributed by atoms with Crippen molar-refractivity contribution in [2.75, 3.05) is 4.72 Å². The molecule has 6 heteroatoms. The first-order chi connectivity index (χ1) is 11.5. The van der Waals surface area contributed by atoms with Crippen LogP contribution in [0.15, 0.2) is 71.8 Å². The monoisotopic (exact) mass is 342 g/mol. The molecule has 3 aromatic rings. The third-order valence-corrected chi connectivity index (χ3v) is 4.90. The number of hydrogen-bond acceptors (Lipinski definition) is 3. The normalized spacial score (nSPS) is 11.2. The summed E-state index contributed by atoms with van der Waals surface area (Å²) in [6, 6.07) is 16.7. The first-order valence-electron chi connectivity index (χ1n) is 7.26. The molecule has 0 unspecified atom stereocenters. The minimum absolute atomic E-state index is 0.00432. The molecule has 0 amide bonds. The average Bonchev–Trinajstić information content (AvgIpc) is 2.58. The fourth-order valence-corrected chi connectivity index (χ4v) is 3.33. The lowest BCUT2D eigenvalue weighted by molar-refractivity contribution is 0.598. The lowest BCUT2D eigenvalue weighted by Gasteiger charge is -2.09. The van der Waals surface area contributed by atoms with Gasteiger partial charge in [0.15, 0.2) is 0 Å². The minimum Gasteiger partial charge on any atom is -0.263 e. The summed E-state index contributed by atoms with van der Waals surface area (Å²) < 4.78 is 40.4. The smallest absolute Gasteiger partial charge is 0.263 e. The summed E-state index contributed by atoms with van der Waals surface area (Å²) in [5.74, 6) is -0.240. The zero-order valence-electron chi connectivity index (χ0n) is 12.9. The Bertz CT molecular complexity index is 956. The van der Waals surface area contributed by atoms with Crippen LogP contribution in [0.3, 0.4) is 0 Å². The lowest BCUT2D eigenvalue weighted by atomic mass is 10.1. The third kappa shape index (κ3) is 3.44. The van der Waals surface area contributed by atoms with Gasteiger partial charge in [0.05, 0.1) is 4.90 Å². The van der Waals surface area contributed by atoms with Crippen molar-refractivity contribution in [3.05, 3.63) is 78.2 Å². The SMILES string of the molecule is Cc1cc(S(=O)(=O)Nc2ccc(-c3ccccc3)cn2)ccc1F. The van der Waals surface area contributed by atoms with E-state index in [1.807, 2.05) is 30.3 Å². The molecular weight excluding hydrogens is 327 g/mol. The molecular formula is C18H15FN2O2S. The summed E-state index contributed by atoms with van der Waals surface area (Å²) in [5, 5.41) is 0. The van der Waals surface area contributed by atoms with Gasteiger partial charge in [-0.15, -0.1) is 0 Å². The Hall–Kier alpha value is -2.73. The van der Waals surface area contributed by atoms with Crippen molar-refractivity contribution in [3.63, 3.8) is 0 Å². The van der Waals surface area contributed by atoms with Crippen molar-refractivity contribution in [1.29, 1.82) is 0 Å². The van der Waals surface area contributed by atoms with E-state index < -0.39 is 15.8 Å². The second kappa shape index (κ2) is 6.41. The number of rotatable bonds is 4. The maximum Gasteiger partial charge on any atom is 0.263 e. The van der Waals surface area contributed by atoms with E-state index >= 15 is 0 Å². The molecule has 0 saturated carbocycles. The second-order valence-corrected chi connectivity index (χ2v) is 7.00. The summed E-state index contributed by atoms with van der Waals surface area (Å²) >= 11 is 0. The van der Waals surface area contributed by atoms with E-state index in [0.29, 0.717) is 0 Å². The van der Waals surface area contributed by atoms with Gasteiger partial charge in [0.25, 0.3) is 10.0 Å². The van der Waals surface area contributed by atoms with E-state index in [1.54, 1.807) is 18.3 Å². The van der Waals surface area contributed by atoms with Crippen molar-refractivity contribution >= 4 is 15.8 Å². The molecule has 0 aliphatic heterocycles. The number of anilines is 1. The fraction of sp³-hybridized carbons (Fsp3) is 0.0556. The van der Waals surface area contributed by atoms with Crippen LogP contribution in [0.4, 0.5) is 10.2 Å². The zero-order chi connectivity index (χ0) is 17.2.